The number of carbonyl (C=O) groups is 1. The maximum absolute atomic E-state index is 13.5. The Morgan fingerprint density at radius 1 is 1.29 bits per heavy atom. The number of thiophene rings is 1. The van der Waals surface area contributed by atoms with E-state index in [1.165, 1.54) is 6.07 Å². The molecule has 128 valence electrons. The van der Waals surface area contributed by atoms with Gasteiger partial charge in [-0.25, -0.2) is 8.78 Å². The van der Waals surface area contributed by atoms with Gasteiger partial charge in [-0.15, -0.1) is 0 Å². The topological polar surface area (TPSA) is 41.1 Å². The van der Waals surface area contributed by atoms with Gasteiger partial charge >= 0.3 is 0 Å². The number of piperidine rings is 1. The molecule has 3 rings (SSSR count). The van der Waals surface area contributed by atoms with Crippen molar-refractivity contribution in [1.82, 2.24) is 10.6 Å². The number of rotatable bonds is 5. The van der Waals surface area contributed by atoms with Crippen LogP contribution in [-0.4, -0.2) is 25.0 Å². The highest BCUT2D eigenvalue weighted by Gasteiger charge is 2.28. The largest absolute Gasteiger partial charge is 0.351 e. The molecule has 0 saturated carbocycles. The van der Waals surface area contributed by atoms with E-state index in [0.29, 0.717) is 19.4 Å². The van der Waals surface area contributed by atoms with Crippen LogP contribution in [0, 0.1) is 11.6 Å². The molecule has 1 aliphatic heterocycles. The van der Waals surface area contributed by atoms with Crippen molar-refractivity contribution in [3.63, 3.8) is 0 Å². The van der Waals surface area contributed by atoms with Crippen LogP contribution in [-0.2, 0) is 11.2 Å². The van der Waals surface area contributed by atoms with E-state index in [2.05, 4.69) is 10.6 Å². The molecule has 2 atom stereocenters. The third-order valence-electron chi connectivity index (χ3n) is 4.42. The summed E-state index contributed by atoms with van der Waals surface area (Å²) in [5.41, 5.74) is 1.90. The van der Waals surface area contributed by atoms with Crippen molar-refractivity contribution in [3.05, 3.63) is 57.8 Å². The van der Waals surface area contributed by atoms with Crippen molar-refractivity contribution >= 4 is 17.2 Å². The van der Waals surface area contributed by atoms with Crippen LogP contribution in [0.2, 0.25) is 0 Å². The summed E-state index contributed by atoms with van der Waals surface area (Å²) in [4.78, 5) is 12.2. The van der Waals surface area contributed by atoms with Crippen LogP contribution in [0.3, 0.4) is 0 Å². The van der Waals surface area contributed by atoms with Crippen LogP contribution in [0.5, 0.6) is 0 Å². The second-order valence-corrected chi connectivity index (χ2v) is 6.86. The molecule has 1 saturated heterocycles. The molecule has 0 aliphatic carbocycles. The van der Waals surface area contributed by atoms with Crippen molar-refractivity contribution in [2.45, 2.75) is 31.2 Å². The highest BCUT2D eigenvalue weighted by Crippen LogP contribution is 2.27. The molecule has 1 amide bonds. The molecule has 6 heteroatoms. The number of nitrogens with one attached hydrogen (secondary N) is 2. The zero-order valence-electron chi connectivity index (χ0n) is 13.2. The Kier molecular flexibility index (Phi) is 5.58. The SMILES string of the molecule is O=C(CCc1ccsc1)NC1CNCCC1c1ccc(F)c(F)c1. The maximum Gasteiger partial charge on any atom is 0.220 e. The van der Waals surface area contributed by atoms with Gasteiger partial charge in [0.1, 0.15) is 0 Å². The predicted molar refractivity (Wildman–Crippen MR) is 91.2 cm³/mol. The predicted octanol–water partition coefficient (Wildman–Crippen LogP) is 3.22. The number of halogens is 2. The molecule has 2 heterocycles. The molecule has 1 aliphatic rings. The van der Waals surface area contributed by atoms with Crippen LogP contribution < -0.4 is 10.6 Å². The summed E-state index contributed by atoms with van der Waals surface area (Å²) in [6.45, 7) is 1.43. The van der Waals surface area contributed by atoms with Crippen LogP contribution in [0.25, 0.3) is 0 Å². The third-order valence-corrected chi connectivity index (χ3v) is 5.15. The lowest BCUT2D eigenvalue weighted by atomic mass is 9.86. The van der Waals surface area contributed by atoms with Crippen molar-refractivity contribution in [2.75, 3.05) is 13.1 Å². The molecule has 2 N–H and O–H groups in total. The van der Waals surface area contributed by atoms with Gasteiger partial charge in [0, 0.05) is 24.9 Å². The lowest BCUT2D eigenvalue weighted by Gasteiger charge is -2.33. The van der Waals surface area contributed by atoms with Gasteiger partial charge in [-0.05, 0) is 59.5 Å². The summed E-state index contributed by atoms with van der Waals surface area (Å²) in [5.74, 6) is -1.70. The van der Waals surface area contributed by atoms with Gasteiger partial charge in [0.05, 0.1) is 0 Å². The second-order valence-electron chi connectivity index (χ2n) is 6.08. The molecule has 1 aromatic carbocycles. The van der Waals surface area contributed by atoms with Crippen molar-refractivity contribution in [2.24, 2.45) is 0 Å². The van der Waals surface area contributed by atoms with E-state index in [0.717, 1.165) is 30.2 Å². The van der Waals surface area contributed by atoms with E-state index in [4.69, 9.17) is 0 Å². The van der Waals surface area contributed by atoms with Crippen LogP contribution >= 0.6 is 11.3 Å². The van der Waals surface area contributed by atoms with Gasteiger partial charge < -0.3 is 10.6 Å². The molecule has 2 aromatic rings. The number of hydrogen-bond acceptors (Lipinski definition) is 3. The average molecular weight is 350 g/mol. The molecule has 2 unspecified atom stereocenters. The Morgan fingerprint density at radius 3 is 2.92 bits per heavy atom. The average Bonchev–Trinajstić information content (AvgIpc) is 3.10. The van der Waals surface area contributed by atoms with Crippen molar-refractivity contribution < 1.29 is 13.6 Å². The lowest BCUT2D eigenvalue weighted by Crippen LogP contribution is -2.50. The first-order valence-electron chi connectivity index (χ1n) is 8.09. The van der Waals surface area contributed by atoms with Crippen LogP contribution in [0.1, 0.15) is 29.9 Å². The summed E-state index contributed by atoms with van der Waals surface area (Å²) < 4.78 is 26.7. The van der Waals surface area contributed by atoms with E-state index in [-0.39, 0.29) is 17.9 Å². The van der Waals surface area contributed by atoms with E-state index < -0.39 is 11.6 Å². The lowest BCUT2D eigenvalue weighted by molar-refractivity contribution is -0.122. The van der Waals surface area contributed by atoms with Gasteiger partial charge in [0.2, 0.25) is 5.91 Å². The molecular formula is C18H20F2N2OS. The van der Waals surface area contributed by atoms with Gasteiger partial charge in [0.25, 0.3) is 0 Å². The fraction of sp³-hybridized carbons (Fsp3) is 0.389. The number of amides is 1. The fourth-order valence-electron chi connectivity index (χ4n) is 3.12. The minimum Gasteiger partial charge on any atom is -0.351 e. The normalized spacial score (nSPS) is 20.8. The Hall–Kier alpha value is -1.79. The molecule has 24 heavy (non-hydrogen) atoms. The molecule has 1 fully saturated rings. The first-order chi connectivity index (χ1) is 11.6. The van der Waals surface area contributed by atoms with Gasteiger partial charge in [-0.2, -0.15) is 11.3 Å². The van der Waals surface area contributed by atoms with Crippen molar-refractivity contribution in [3.8, 4) is 0 Å². The summed E-state index contributed by atoms with van der Waals surface area (Å²) in [6, 6.07) is 5.92. The molecule has 1 aromatic heterocycles. The molecular weight excluding hydrogens is 330 g/mol. The van der Waals surface area contributed by atoms with E-state index in [9.17, 15) is 13.6 Å². The zero-order valence-corrected chi connectivity index (χ0v) is 14.0. The van der Waals surface area contributed by atoms with Gasteiger partial charge in [0.15, 0.2) is 11.6 Å². The van der Waals surface area contributed by atoms with Crippen molar-refractivity contribution in [1.29, 1.82) is 0 Å². The number of carbonyl (C=O) groups excluding carboxylic acids is 1. The quantitative estimate of drug-likeness (QED) is 0.869. The van der Waals surface area contributed by atoms with Crippen LogP contribution in [0.4, 0.5) is 8.78 Å². The highest BCUT2D eigenvalue weighted by molar-refractivity contribution is 7.07. The molecule has 0 radical (unpaired) electrons. The standard InChI is InChI=1S/C18H20F2N2OS/c19-15-3-2-13(9-16(15)20)14-5-7-21-10-17(14)22-18(23)4-1-12-6-8-24-11-12/h2-3,6,8-9,11,14,17,21H,1,4-5,7,10H2,(H,22,23). The Morgan fingerprint density at radius 2 is 2.17 bits per heavy atom. The minimum atomic E-state index is -0.843. The first kappa shape index (κ1) is 17.0. The minimum absolute atomic E-state index is 0.00792. The Bertz CT molecular complexity index is 690. The monoisotopic (exact) mass is 350 g/mol. The fourth-order valence-corrected chi connectivity index (χ4v) is 3.83. The molecule has 0 spiro atoms. The zero-order chi connectivity index (χ0) is 16.9. The van der Waals surface area contributed by atoms with Gasteiger partial charge in [-0.3, -0.25) is 4.79 Å². The smallest absolute Gasteiger partial charge is 0.220 e. The number of benzene rings is 1. The first-order valence-corrected chi connectivity index (χ1v) is 9.04. The summed E-state index contributed by atoms with van der Waals surface area (Å²) >= 11 is 1.62. The summed E-state index contributed by atoms with van der Waals surface area (Å²) in [7, 11) is 0. The number of aryl methyl sites for hydroxylation is 1. The summed E-state index contributed by atoms with van der Waals surface area (Å²) in [5, 5.41) is 10.3. The Labute approximate surface area is 144 Å². The summed E-state index contributed by atoms with van der Waals surface area (Å²) in [6.07, 6.45) is 1.92. The van der Waals surface area contributed by atoms with Crippen LogP contribution in [0.15, 0.2) is 35.0 Å². The van der Waals surface area contributed by atoms with E-state index in [1.54, 1.807) is 17.4 Å². The maximum atomic E-state index is 13.5. The Balaban J connectivity index is 1.63. The molecule has 3 nitrogen and oxygen atoms in total. The van der Waals surface area contributed by atoms with Gasteiger partial charge in [-0.1, -0.05) is 6.07 Å². The number of hydrogen-bond donors (Lipinski definition) is 2. The van der Waals surface area contributed by atoms with E-state index >= 15 is 0 Å². The van der Waals surface area contributed by atoms with E-state index in [1.807, 2.05) is 16.8 Å². The highest BCUT2D eigenvalue weighted by atomic mass is 32.1. The second kappa shape index (κ2) is 7.85. The molecule has 0 bridgehead atoms. The third kappa shape index (κ3) is 4.19.